The number of hydrogen-bond acceptors (Lipinski definition) is 5. The molecule has 0 aliphatic carbocycles. The van der Waals surface area contributed by atoms with Gasteiger partial charge >= 0.3 is 0 Å². The fourth-order valence-corrected chi connectivity index (χ4v) is 1.04. The average molecular weight is 190 g/mol. The number of nitrogens with one attached hydrogen (secondary N) is 2. The molecule has 0 bridgehead atoms. The molecule has 6 nitrogen and oxygen atoms in total. The highest BCUT2D eigenvalue weighted by Gasteiger charge is 2.00. The summed E-state index contributed by atoms with van der Waals surface area (Å²) in [7, 11) is 0. The summed E-state index contributed by atoms with van der Waals surface area (Å²) in [5.74, 6) is 1.34. The molecule has 14 heavy (non-hydrogen) atoms. The molecule has 0 amide bonds. The van der Waals surface area contributed by atoms with E-state index in [1.165, 1.54) is 6.33 Å². The average Bonchev–Trinajstić information content (AvgIpc) is 2.63. The summed E-state index contributed by atoms with van der Waals surface area (Å²) < 4.78 is 0. The molecule has 0 unspecified atom stereocenters. The Bertz CT molecular complexity index is 395. The maximum absolute atomic E-state index is 5.61. The first-order chi connectivity index (χ1) is 6.86. The second kappa shape index (κ2) is 3.73. The normalized spacial score (nSPS) is 10.0. The van der Waals surface area contributed by atoms with Crippen molar-refractivity contribution in [3.63, 3.8) is 0 Å². The molecule has 0 saturated carbocycles. The molecular formula is C8H10N6. The van der Waals surface area contributed by atoms with Crippen molar-refractivity contribution in [1.82, 2.24) is 20.2 Å². The minimum absolute atomic E-state index is 0.576. The van der Waals surface area contributed by atoms with Crippen LogP contribution in [0.2, 0.25) is 0 Å². The molecule has 0 aromatic carbocycles. The van der Waals surface area contributed by atoms with Gasteiger partial charge in [0.15, 0.2) is 0 Å². The van der Waals surface area contributed by atoms with Crippen LogP contribution < -0.4 is 11.1 Å². The van der Waals surface area contributed by atoms with Gasteiger partial charge in [-0.15, -0.1) is 0 Å². The van der Waals surface area contributed by atoms with Crippen LogP contribution in [0.5, 0.6) is 0 Å². The lowest BCUT2D eigenvalue weighted by molar-refractivity contribution is 1.08. The quantitative estimate of drug-likeness (QED) is 0.651. The largest absolute Gasteiger partial charge is 0.384 e. The van der Waals surface area contributed by atoms with Crippen molar-refractivity contribution in [2.45, 2.75) is 6.54 Å². The molecular weight excluding hydrogens is 180 g/mol. The van der Waals surface area contributed by atoms with Crippen LogP contribution in [0.1, 0.15) is 5.56 Å². The van der Waals surface area contributed by atoms with E-state index >= 15 is 0 Å². The summed E-state index contributed by atoms with van der Waals surface area (Å²) in [6, 6.07) is 1.79. The Morgan fingerprint density at radius 1 is 1.50 bits per heavy atom. The van der Waals surface area contributed by atoms with Gasteiger partial charge in [0, 0.05) is 18.3 Å². The van der Waals surface area contributed by atoms with E-state index in [4.69, 9.17) is 5.73 Å². The maximum Gasteiger partial charge on any atom is 0.129 e. The molecule has 0 radical (unpaired) electrons. The molecule has 2 heterocycles. The zero-order chi connectivity index (χ0) is 9.80. The summed E-state index contributed by atoms with van der Waals surface area (Å²) >= 11 is 0. The van der Waals surface area contributed by atoms with E-state index in [0.29, 0.717) is 12.4 Å². The van der Waals surface area contributed by atoms with E-state index in [0.717, 1.165) is 11.4 Å². The number of aromatic nitrogens is 4. The molecule has 0 spiro atoms. The summed E-state index contributed by atoms with van der Waals surface area (Å²) in [6.07, 6.45) is 4.85. The molecule has 2 aromatic heterocycles. The Morgan fingerprint density at radius 2 is 2.43 bits per heavy atom. The SMILES string of the molecule is Nc1[nH]ncc1CNc1ccncn1. The van der Waals surface area contributed by atoms with Crippen molar-refractivity contribution in [1.29, 1.82) is 0 Å². The van der Waals surface area contributed by atoms with Gasteiger partial charge in [0.1, 0.15) is 18.0 Å². The molecule has 72 valence electrons. The summed E-state index contributed by atoms with van der Waals surface area (Å²) in [5, 5.41) is 9.57. The van der Waals surface area contributed by atoms with Crippen molar-refractivity contribution >= 4 is 11.6 Å². The lowest BCUT2D eigenvalue weighted by Gasteiger charge is -2.02. The third kappa shape index (κ3) is 1.79. The van der Waals surface area contributed by atoms with Crippen LogP contribution in [-0.4, -0.2) is 20.2 Å². The third-order valence-electron chi connectivity index (χ3n) is 1.79. The predicted octanol–water partition coefficient (Wildman–Crippen LogP) is 0.394. The van der Waals surface area contributed by atoms with Crippen molar-refractivity contribution in [2.24, 2.45) is 0 Å². The van der Waals surface area contributed by atoms with Crippen LogP contribution in [-0.2, 0) is 6.54 Å². The van der Waals surface area contributed by atoms with E-state index in [1.807, 2.05) is 0 Å². The topological polar surface area (TPSA) is 92.5 Å². The number of nitrogens with two attached hydrogens (primary N) is 1. The van der Waals surface area contributed by atoms with E-state index in [2.05, 4.69) is 25.5 Å². The summed E-state index contributed by atoms with van der Waals surface area (Å²) in [5.41, 5.74) is 6.53. The second-order valence-electron chi connectivity index (χ2n) is 2.76. The molecule has 2 rings (SSSR count). The number of rotatable bonds is 3. The van der Waals surface area contributed by atoms with E-state index in [-0.39, 0.29) is 0 Å². The summed E-state index contributed by atoms with van der Waals surface area (Å²) in [4.78, 5) is 7.83. The van der Waals surface area contributed by atoms with Gasteiger partial charge in [-0.1, -0.05) is 0 Å². The van der Waals surface area contributed by atoms with Crippen LogP contribution >= 0.6 is 0 Å². The third-order valence-corrected chi connectivity index (χ3v) is 1.79. The Hall–Kier alpha value is -2.11. The fraction of sp³-hybridized carbons (Fsp3) is 0.125. The highest BCUT2D eigenvalue weighted by Crippen LogP contribution is 2.08. The highest BCUT2D eigenvalue weighted by molar-refractivity contribution is 5.41. The van der Waals surface area contributed by atoms with E-state index < -0.39 is 0 Å². The van der Waals surface area contributed by atoms with Crippen LogP contribution in [0.4, 0.5) is 11.6 Å². The number of H-pyrrole nitrogens is 1. The van der Waals surface area contributed by atoms with Gasteiger partial charge in [0.05, 0.1) is 6.20 Å². The van der Waals surface area contributed by atoms with Crippen LogP contribution in [0.25, 0.3) is 0 Å². The predicted molar refractivity (Wildman–Crippen MR) is 52.4 cm³/mol. The van der Waals surface area contributed by atoms with E-state index in [9.17, 15) is 0 Å². The first-order valence-corrected chi connectivity index (χ1v) is 4.14. The Balaban J connectivity index is 1.99. The number of nitrogens with zero attached hydrogens (tertiary/aromatic N) is 3. The van der Waals surface area contributed by atoms with Crippen LogP contribution in [0.15, 0.2) is 24.8 Å². The van der Waals surface area contributed by atoms with Gasteiger partial charge in [-0.25, -0.2) is 9.97 Å². The van der Waals surface area contributed by atoms with Crippen LogP contribution in [0, 0.1) is 0 Å². The zero-order valence-electron chi connectivity index (χ0n) is 7.44. The van der Waals surface area contributed by atoms with Gasteiger partial charge < -0.3 is 11.1 Å². The number of nitrogen functional groups attached to an aromatic ring is 1. The minimum Gasteiger partial charge on any atom is -0.384 e. The number of anilines is 2. The monoisotopic (exact) mass is 190 g/mol. The Morgan fingerprint density at radius 3 is 3.07 bits per heavy atom. The first-order valence-electron chi connectivity index (χ1n) is 4.14. The maximum atomic E-state index is 5.61. The standard InChI is InChI=1S/C8H10N6/c9-8-6(4-13-14-8)3-11-7-1-2-10-5-12-7/h1-2,4-5H,3H2,(H3,9,13,14)(H,10,11,12). The lowest BCUT2D eigenvalue weighted by atomic mass is 10.3. The van der Waals surface area contributed by atoms with E-state index in [1.54, 1.807) is 18.5 Å². The van der Waals surface area contributed by atoms with Crippen molar-refractivity contribution in [3.8, 4) is 0 Å². The van der Waals surface area contributed by atoms with Gasteiger partial charge in [0.25, 0.3) is 0 Å². The lowest BCUT2D eigenvalue weighted by Crippen LogP contribution is -2.02. The first kappa shape index (κ1) is 8.49. The second-order valence-corrected chi connectivity index (χ2v) is 2.76. The molecule has 4 N–H and O–H groups in total. The molecule has 0 atom stereocenters. The van der Waals surface area contributed by atoms with Gasteiger partial charge in [-0.2, -0.15) is 5.10 Å². The molecule has 6 heteroatoms. The Labute approximate surface area is 80.6 Å². The van der Waals surface area contributed by atoms with Crippen molar-refractivity contribution in [2.75, 3.05) is 11.1 Å². The van der Waals surface area contributed by atoms with Gasteiger partial charge in [-0.05, 0) is 6.07 Å². The molecule has 0 fully saturated rings. The van der Waals surface area contributed by atoms with Gasteiger partial charge in [0.2, 0.25) is 0 Å². The Kier molecular flexibility index (Phi) is 2.26. The van der Waals surface area contributed by atoms with Crippen molar-refractivity contribution < 1.29 is 0 Å². The highest BCUT2D eigenvalue weighted by atomic mass is 15.1. The number of hydrogen-bond donors (Lipinski definition) is 3. The molecule has 2 aromatic rings. The molecule has 0 aliphatic heterocycles. The molecule has 0 aliphatic rings. The fourth-order valence-electron chi connectivity index (χ4n) is 1.04. The van der Waals surface area contributed by atoms with Crippen molar-refractivity contribution in [3.05, 3.63) is 30.4 Å². The van der Waals surface area contributed by atoms with Crippen LogP contribution in [0.3, 0.4) is 0 Å². The zero-order valence-corrected chi connectivity index (χ0v) is 7.44. The molecule has 0 saturated heterocycles. The van der Waals surface area contributed by atoms with Gasteiger partial charge in [-0.3, -0.25) is 5.10 Å². The number of aromatic amines is 1. The smallest absolute Gasteiger partial charge is 0.129 e. The summed E-state index contributed by atoms with van der Waals surface area (Å²) in [6.45, 7) is 0.597. The minimum atomic E-state index is 0.576.